The number of ether oxygens (including phenoxy) is 3. The Morgan fingerprint density at radius 3 is 1.73 bits per heavy atom. The van der Waals surface area contributed by atoms with E-state index >= 15 is 0 Å². The summed E-state index contributed by atoms with van der Waals surface area (Å²) >= 11 is 0. The molecular weight excluding hydrogens is 592 g/mol. The summed E-state index contributed by atoms with van der Waals surface area (Å²) in [5.41, 5.74) is 3.46. The molecule has 1 saturated heterocycles. The fourth-order valence-electron chi connectivity index (χ4n) is 7.29. The first-order chi connectivity index (χ1) is 22.2. The maximum absolute atomic E-state index is 9.99. The van der Waals surface area contributed by atoms with Gasteiger partial charge in [-0.15, -0.1) is 0 Å². The van der Waals surface area contributed by atoms with Crippen LogP contribution in [0.5, 0.6) is 17.2 Å². The molecule has 1 aliphatic heterocycles. The quantitative estimate of drug-likeness (QED) is 0.211. The van der Waals surface area contributed by atoms with Crippen LogP contribution in [0.4, 0.5) is 0 Å². The van der Waals surface area contributed by atoms with Crippen LogP contribution in [0.15, 0.2) is 72.8 Å². The van der Waals surface area contributed by atoms with Gasteiger partial charge in [0.25, 0.3) is 0 Å². The van der Waals surface area contributed by atoms with Gasteiger partial charge in [0.1, 0.15) is 22.8 Å². The van der Waals surface area contributed by atoms with Gasteiger partial charge >= 0.3 is 0 Å². The maximum atomic E-state index is 9.99. The summed E-state index contributed by atoms with van der Waals surface area (Å²) in [4.78, 5) is 0. The van der Waals surface area contributed by atoms with Crippen molar-refractivity contribution >= 4 is 0 Å². The summed E-state index contributed by atoms with van der Waals surface area (Å²) in [6.07, 6.45) is 5.17. The van der Waals surface area contributed by atoms with Gasteiger partial charge in [-0.1, -0.05) is 106 Å². The average Bonchev–Trinajstić information content (AvgIpc) is 2.99. The first-order valence-corrected chi connectivity index (χ1v) is 18.1. The molecule has 0 bridgehead atoms. The van der Waals surface area contributed by atoms with E-state index in [9.17, 15) is 5.11 Å². The Morgan fingerprint density at radius 1 is 0.667 bits per heavy atom. The highest BCUT2D eigenvalue weighted by Crippen LogP contribution is 2.58. The Bertz CT molecular complexity index is 1430. The first-order valence-electron chi connectivity index (χ1n) is 18.1. The van der Waals surface area contributed by atoms with Crippen LogP contribution in [0.25, 0.3) is 0 Å². The molecule has 48 heavy (non-hydrogen) atoms. The van der Waals surface area contributed by atoms with Crippen molar-refractivity contribution < 1.29 is 19.3 Å². The molecular formula is C44H64O4. The van der Waals surface area contributed by atoms with Crippen molar-refractivity contribution in [2.24, 2.45) is 21.7 Å². The zero-order chi connectivity index (χ0) is 35.5. The Hall–Kier alpha value is -2.98. The van der Waals surface area contributed by atoms with E-state index in [1.165, 1.54) is 11.1 Å². The van der Waals surface area contributed by atoms with Crippen molar-refractivity contribution in [3.63, 3.8) is 0 Å². The molecule has 0 amide bonds. The minimum atomic E-state index is -0.510. The van der Waals surface area contributed by atoms with Crippen molar-refractivity contribution in [2.75, 3.05) is 6.61 Å². The van der Waals surface area contributed by atoms with Crippen molar-refractivity contribution in [1.82, 2.24) is 0 Å². The summed E-state index contributed by atoms with van der Waals surface area (Å²) in [5, 5.41) is 9.99. The number of hydrogen-bond donors (Lipinski definition) is 1. The second-order valence-electron chi connectivity index (χ2n) is 18.3. The zero-order valence-corrected chi connectivity index (χ0v) is 32.1. The van der Waals surface area contributed by atoms with Crippen LogP contribution in [0.1, 0.15) is 144 Å². The third-order valence-corrected chi connectivity index (χ3v) is 11.1. The number of phenols is 1. The molecule has 1 heterocycles. The van der Waals surface area contributed by atoms with Gasteiger partial charge in [-0.05, 0) is 126 Å². The highest BCUT2D eigenvalue weighted by molar-refractivity contribution is 5.35. The van der Waals surface area contributed by atoms with Crippen LogP contribution < -0.4 is 9.47 Å². The van der Waals surface area contributed by atoms with E-state index in [1.54, 1.807) is 0 Å². The first kappa shape index (κ1) is 37.8. The second-order valence-corrected chi connectivity index (χ2v) is 18.3. The molecule has 3 unspecified atom stereocenters. The number of hydrogen-bond acceptors (Lipinski definition) is 4. The standard InChI is InChI=1S/C44H64O4/c1-40(2,3)29-38(43(9,10)42(7,8)30-37(41(4,5)6)31-16-22-34(45)23-17-31)32-18-24-36(25-19-32)48-44(11,12)33-20-26-35(27-21-33)47-39-15-13-14-28-46-39/h16-27,37-39,45H,13-15,28-30H2,1-12H3. The van der Waals surface area contributed by atoms with Gasteiger partial charge < -0.3 is 19.3 Å². The normalized spacial score (nSPS) is 17.9. The lowest BCUT2D eigenvalue weighted by Crippen LogP contribution is -2.41. The van der Waals surface area contributed by atoms with E-state index in [-0.39, 0.29) is 27.9 Å². The molecule has 0 saturated carbocycles. The molecule has 0 radical (unpaired) electrons. The SMILES string of the molecule is CC(C)(C)CC(c1ccc(OC(C)(C)c2ccc(OC3CCCCO3)cc2)cc1)C(C)(C)C(C)(C)CC(c1ccc(O)cc1)C(C)(C)C. The minimum Gasteiger partial charge on any atom is -0.508 e. The Balaban J connectivity index is 1.55. The highest BCUT2D eigenvalue weighted by atomic mass is 16.7. The van der Waals surface area contributed by atoms with Gasteiger partial charge in [0.15, 0.2) is 6.29 Å². The monoisotopic (exact) mass is 656 g/mol. The van der Waals surface area contributed by atoms with Crippen LogP contribution in [0, 0.1) is 21.7 Å². The van der Waals surface area contributed by atoms with Gasteiger partial charge in [-0.3, -0.25) is 0 Å². The van der Waals surface area contributed by atoms with Crippen LogP contribution in [0.2, 0.25) is 0 Å². The Morgan fingerprint density at radius 2 is 1.21 bits per heavy atom. The third-order valence-electron chi connectivity index (χ3n) is 11.1. The minimum absolute atomic E-state index is 0.00883. The maximum Gasteiger partial charge on any atom is 0.199 e. The van der Waals surface area contributed by atoms with Gasteiger partial charge in [0.05, 0.1) is 6.61 Å². The smallest absolute Gasteiger partial charge is 0.199 e. The number of benzene rings is 3. The summed E-state index contributed by atoms with van der Waals surface area (Å²) in [7, 11) is 0. The molecule has 3 aromatic carbocycles. The van der Waals surface area contributed by atoms with E-state index in [0.717, 1.165) is 55.8 Å². The van der Waals surface area contributed by atoms with Crippen molar-refractivity contribution in [1.29, 1.82) is 0 Å². The lowest BCUT2D eigenvalue weighted by atomic mass is 9.53. The lowest BCUT2D eigenvalue weighted by Gasteiger charge is -2.51. The second kappa shape index (κ2) is 14.5. The number of rotatable bonds is 12. The largest absolute Gasteiger partial charge is 0.508 e. The van der Waals surface area contributed by atoms with Crippen molar-refractivity contribution in [3.05, 3.63) is 89.5 Å². The Labute approximate surface area is 292 Å². The van der Waals surface area contributed by atoms with E-state index < -0.39 is 5.60 Å². The van der Waals surface area contributed by atoms with Crippen LogP contribution in [-0.4, -0.2) is 18.0 Å². The van der Waals surface area contributed by atoms with Gasteiger partial charge in [-0.2, -0.15) is 0 Å². The molecule has 3 aromatic rings. The number of phenolic OH excluding ortho intramolecular Hbond substituents is 1. The molecule has 0 aromatic heterocycles. The fraction of sp³-hybridized carbons (Fsp3) is 0.591. The van der Waals surface area contributed by atoms with E-state index in [1.807, 2.05) is 24.3 Å². The zero-order valence-electron chi connectivity index (χ0n) is 32.1. The molecule has 1 aliphatic rings. The third kappa shape index (κ3) is 9.59. The van der Waals surface area contributed by atoms with Crippen molar-refractivity contribution in [3.8, 4) is 17.2 Å². The Kier molecular flexibility index (Phi) is 11.4. The molecule has 0 aliphatic carbocycles. The molecule has 264 valence electrons. The van der Waals surface area contributed by atoms with Crippen LogP contribution >= 0.6 is 0 Å². The fourth-order valence-corrected chi connectivity index (χ4v) is 7.29. The molecule has 4 heteroatoms. The van der Waals surface area contributed by atoms with Crippen LogP contribution in [0.3, 0.4) is 0 Å². The predicted molar refractivity (Wildman–Crippen MR) is 200 cm³/mol. The van der Waals surface area contributed by atoms with E-state index in [4.69, 9.17) is 14.2 Å². The predicted octanol–water partition coefficient (Wildman–Crippen LogP) is 12.4. The molecule has 0 spiro atoms. The summed E-state index contributed by atoms with van der Waals surface area (Å²) < 4.78 is 18.4. The topological polar surface area (TPSA) is 47.9 Å². The molecule has 1 N–H and O–H groups in total. The molecule has 3 atom stereocenters. The van der Waals surface area contributed by atoms with Gasteiger partial charge in [-0.25, -0.2) is 0 Å². The molecule has 1 fully saturated rings. The average molecular weight is 657 g/mol. The molecule has 4 nitrogen and oxygen atoms in total. The van der Waals surface area contributed by atoms with Gasteiger partial charge in [0, 0.05) is 6.42 Å². The van der Waals surface area contributed by atoms with E-state index in [0.29, 0.717) is 17.6 Å². The van der Waals surface area contributed by atoms with Crippen molar-refractivity contribution in [2.45, 2.75) is 139 Å². The summed E-state index contributed by atoms with van der Waals surface area (Å²) in [5.74, 6) is 2.71. The summed E-state index contributed by atoms with van der Waals surface area (Å²) in [6, 6.07) is 25.0. The summed E-state index contributed by atoms with van der Waals surface area (Å²) in [6.45, 7) is 29.0. The number of aromatic hydroxyl groups is 1. The van der Waals surface area contributed by atoms with E-state index in [2.05, 4.69) is 132 Å². The van der Waals surface area contributed by atoms with Crippen LogP contribution in [-0.2, 0) is 10.3 Å². The van der Waals surface area contributed by atoms with Gasteiger partial charge in [0.2, 0.25) is 0 Å². The lowest BCUT2D eigenvalue weighted by molar-refractivity contribution is -0.105. The highest BCUT2D eigenvalue weighted by Gasteiger charge is 2.47. The molecule has 4 rings (SSSR count).